The molecule has 142 valence electrons. The van der Waals surface area contributed by atoms with E-state index in [1.807, 2.05) is 16.9 Å². The van der Waals surface area contributed by atoms with E-state index in [1.54, 1.807) is 13.2 Å². The van der Waals surface area contributed by atoms with Crippen molar-refractivity contribution in [1.29, 1.82) is 0 Å². The summed E-state index contributed by atoms with van der Waals surface area (Å²) in [4.78, 5) is 4.27. The Morgan fingerprint density at radius 2 is 2.08 bits per heavy atom. The fourth-order valence-corrected chi connectivity index (χ4v) is 3.01. The van der Waals surface area contributed by atoms with Gasteiger partial charge in [0, 0.05) is 39.1 Å². The lowest BCUT2D eigenvalue weighted by molar-refractivity contribution is 0.105. The summed E-state index contributed by atoms with van der Waals surface area (Å²) in [6.07, 6.45) is 8.51. The first kappa shape index (κ1) is 20.7. The number of rotatable bonds is 7. The predicted molar refractivity (Wildman–Crippen MR) is 116 cm³/mol. The molecule has 1 aromatic heterocycles. The van der Waals surface area contributed by atoms with Crippen molar-refractivity contribution in [1.82, 2.24) is 20.4 Å². The van der Waals surface area contributed by atoms with E-state index >= 15 is 0 Å². The fourth-order valence-electron chi connectivity index (χ4n) is 3.01. The zero-order valence-electron chi connectivity index (χ0n) is 15.2. The maximum Gasteiger partial charge on any atom is 0.190 e. The molecule has 7 heteroatoms. The van der Waals surface area contributed by atoms with Crippen LogP contribution in [0.5, 0.6) is 0 Å². The van der Waals surface area contributed by atoms with Crippen molar-refractivity contribution in [3.63, 3.8) is 0 Å². The summed E-state index contributed by atoms with van der Waals surface area (Å²) in [5, 5.41) is 11.0. The number of nitrogens with one attached hydrogen (secondary N) is 2. The van der Waals surface area contributed by atoms with Gasteiger partial charge in [-0.1, -0.05) is 12.1 Å². The Hall–Kier alpha value is -1.61. The molecule has 1 aromatic carbocycles. The molecule has 0 spiro atoms. The lowest BCUT2D eigenvalue weighted by Crippen LogP contribution is -2.39. The third-order valence-corrected chi connectivity index (χ3v) is 4.42. The first-order valence-electron chi connectivity index (χ1n) is 9.00. The molecule has 6 nitrogen and oxygen atoms in total. The third kappa shape index (κ3) is 6.28. The van der Waals surface area contributed by atoms with Crippen LogP contribution in [0.1, 0.15) is 24.8 Å². The molecule has 2 N–H and O–H groups in total. The molecule has 2 heterocycles. The number of nitrogens with zero attached hydrogens (tertiary/aromatic N) is 3. The van der Waals surface area contributed by atoms with Crippen molar-refractivity contribution in [2.75, 3.05) is 26.7 Å². The monoisotopic (exact) mass is 469 g/mol. The summed E-state index contributed by atoms with van der Waals surface area (Å²) < 4.78 is 7.50. The number of halogens is 1. The number of ether oxygens (including phenoxy) is 1. The minimum atomic E-state index is 0. The van der Waals surface area contributed by atoms with Crippen molar-refractivity contribution in [2.24, 2.45) is 4.99 Å². The largest absolute Gasteiger partial charge is 0.378 e. The van der Waals surface area contributed by atoms with E-state index in [0.29, 0.717) is 6.10 Å². The lowest BCUT2D eigenvalue weighted by Gasteiger charge is -2.14. The van der Waals surface area contributed by atoms with Gasteiger partial charge in [0.25, 0.3) is 0 Å². The van der Waals surface area contributed by atoms with E-state index in [-0.39, 0.29) is 24.0 Å². The van der Waals surface area contributed by atoms with E-state index in [2.05, 4.69) is 45.0 Å². The van der Waals surface area contributed by atoms with Gasteiger partial charge in [-0.05, 0) is 49.4 Å². The highest BCUT2D eigenvalue weighted by molar-refractivity contribution is 14.0. The Morgan fingerprint density at radius 3 is 2.73 bits per heavy atom. The number of aliphatic imine (C=N–C) groups is 1. The van der Waals surface area contributed by atoms with E-state index in [0.717, 1.165) is 44.2 Å². The van der Waals surface area contributed by atoms with Gasteiger partial charge in [0.15, 0.2) is 5.96 Å². The van der Waals surface area contributed by atoms with Crippen LogP contribution < -0.4 is 10.6 Å². The molecular formula is C19H28IN5O. The molecule has 1 aliphatic rings. The van der Waals surface area contributed by atoms with Crippen LogP contribution in [0, 0.1) is 0 Å². The van der Waals surface area contributed by atoms with Crippen LogP contribution in [0.25, 0.3) is 5.69 Å². The van der Waals surface area contributed by atoms with Crippen molar-refractivity contribution in [3.8, 4) is 5.69 Å². The summed E-state index contributed by atoms with van der Waals surface area (Å²) in [5.74, 6) is 0.853. The standard InChI is InChI=1S/C19H27N5O.HI/c1-20-19(22-13-10-18-4-2-15-25-18)21-12-9-16-5-7-17(8-6-16)24-14-3-11-23-24;/h3,5-8,11,14,18H,2,4,9-10,12-13,15H2,1H3,(H2,20,21,22);1H. The van der Waals surface area contributed by atoms with Gasteiger partial charge in [0.2, 0.25) is 0 Å². The number of hydrogen-bond donors (Lipinski definition) is 2. The Morgan fingerprint density at radius 1 is 1.27 bits per heavy atom. The molecule has 2 aromatic rings. The molecule has 0 aliphatic carbocycles. The van der Waals surface area contributed by atoms with E-state index in [9.17, 15) is 0 Å². The summed E-state index contributed by atoms with van der Waals surface area (Å²) in [6, 6.07) is 10.4. The maximum atomic E-state index is 5.64. The van der Waals surface area contributed by atoms with Crippen LogP contribution in [-0.2, 0) is 11.2 Å². The lowest BCUT2D eigenvalue weighted by atomic mass is 10.1. The van der Waals surface area contributed by atoms with Crippen molar-refractivity contribution in [2.45, 2.75) is 31.8 Å². The minimum absolute atomic E-state index is 0. The molecule has 0 bridgehead atoms. The summed E-state index contributed by atoms with van der Waals surface area (Å²) >= 11 is 0. The fraction of sp³-hybridized carbons (Fsp3) is 0.474. The summed E-state index contributed by atoms with van der Waals surface area (Å²) in [5.41, 5.74) is 2.37. The van der Waals surface area contributed by atoms with Crippen molar-refractivity contribution < 1.29 is 4.74 Å². The average Bonchev–Trinajstić information content (AvgIpc) is 3.35. The SMILES string of the molecule is CN=C(NCCc1ccc(-n2cccn2)cc1)NCCC1CCCO1.I. The number of hydrogen-bond acceptors (Lipinski definition) is 3. The number of benzene rings is 1. The van der Waals surface area contributed by atoms with Gasteiger partial charge in [0.05, 0.1) is 11.8 Å². The van der Waals surface area contributed by atoms with E-state index in [1.165, 1.54) is 18.4 Å². The molecule has 3 rings (SSSR count). The van der Waals surface area contributed by atoms with Crippen molar-refractivity contribution >= 4 is 29.9 Å². The van der Waals surface area contributed by atoms with Crippen molar-refractivity contribution in [3.05, 3.63) is 48.3 Å². The smallest absolute Gasteiger partial charge is 0.190 e. The van der Waals surface area contributed by atoms with Gasteiger partial charge in [-0.15, -0.1) is 24.0 Å². The van der Waals surface area contributed by atoms with Crippen LogP contribution in [0.3, 0.4) is 0 Å². The average molecular weight is 469 g/mol. The highest BCUT2D eigenvalue weighted by atomic mass is 127. The normalized spacial score (nSPS) is 17.0. The van der Waals surface area contributed by atoms with Crippen LogP contribution in [0.2, 0.25) is 0 Å². The van der Waals surface area contributed by atoms with Gasteiger partial charge >= 0.3 is 0 Å². The topological polar surface area (TPSA) is 63.5 Å². The minimum Gasteiger partial charge on any atom is -0.378 e. The Bertz CT molecular complexity index is 651. The number of guanidine groups is 1. The highest BCUT2D eigenvalue weighted by Crippen LogP contribution is 2.14. The van der Waals surface area contributed by atoms with Gasteiger partial charge in [-0.2, -0.15) is 5.10 Å². The quantitative estimate of drug-likeness (QED) is 0.372. The zero-order valence-corrected chi connectivity index (χ0v) is 17.6. The van der Waals surface area contributed by atoms with E-state index in [4.69, 9.17) is 4.74 Å². The molecule has 1 atom stereocenters. The second-order valence-corrected chi connectivity index (χ2v) is 6.22. The van der Waals surface area contributed by atoms with Crippen LogP contribution >= 0.6 is 24.0 Å². The zero-order chi connectivity index (χ0) is 17.3. The second kappa shape index (κ2) is 11.2. The van der Waals surface area contributed by atoms with Crippen LogP contribution in [-0.4, -0.2) is 48.6 Å². The Kier molecular flexibility index (Phi) is 8.90. The maximum absolute atomic E-state index is 5.64. The molecule has 0 saturated carbocycles. The second-order valence-electron chi connectivity index (χ2n) is 6.22. The number of aromatic nitrogens is 2. The predicted octanol–water partition coefficient (Wildman–Crippen LogP) is 2.77. The molecule has 1 fully saturated rings. The van der Waals surface area contributed by atoms with E-state index < -0.39 is 0 Å². The molecular weight excluding hydrogens is 441 g/mol. The first-order valence-corrected chi connectivity index (χ1v) is 9.00. The third-order valence-electron chi connectivity index (χ3n) is 4.42. The van der Waals surface area contributed by atoms with Gasteiger partial charge < -0.3 is 15.4 Å². The van der Waals surface area contributed by atoms with Crippen LogP contribution in [0.15, 0.2) is 47.7 Å². The molecule has 1 saturated heterocycles. The Labute approximate surface area is 172 Å². The van der Waals surface area contributed by atoms with Crippen LogP contribution in [0.4, 0.5) is 0 Å². The molecule has 1 aliphatic heterocycles. The van der Waals surface area contributed by atoms with Gasteiger partial charge in [-0.25, -0.2) is 4.68 Å². The molecule has 26 heavy (non-hydrogen) atoms. The Balaban J connectivity index is 0.00000243. The summed E-state index contributed by atoms with van der Waals surface area (Å²) in [7, 11) is 1.81. The van der Waals surface area contributed by atoms with Gasteiger partial charge in [-0.3, -0.25) is 4.99 Å². The molecule has 0 radical (unpaired) electrons. The highest BCUT2D eigenvalue weighted by Gasteiger charge is 2.14. The molecule has 1 unspecified atom stereocenters. The first-order chi connectivity index (χ1) is 12.3. The summed E-state index contributed by atoms with van der Waals surface area (Å²) in [6.45, 7) is 2.65. The van der Waals surface area contributed by atoms with Gasteiger partial charge in [0.1, 0.15) is 0 Å². The molecule has 0 amide bonds.